The molecule has 6 aromatic carbocycles. The number of benzene rings is 6. The summed E-state index contributed by atoms with van der Waals surface area (Å²) in [6.45, 7) is 0. The summed E-state index contributed by atoms with van der Waals surface area (Å²) < 4.78 is 0. The molecular weight excluding hydrogens is 372 g/mol. The SMILES string of the molecule is Clc1ccc(-c2cc3ccccc3c3c2ccc2ccc4ccccc4c23)cc1. The molecule has 6 rings (SSSR count). The van der Waals surface area contributed by atoms with Gasteiger partial charge in [0.1, 0.15) is 0 Å². The molecule has 0 saturated carbocycles. The second kappa shape index (κ2) is 6.34. The van der Waals surface area contributed by atoms with E-state index in [-0.39, 0.29) is 0 Å². The topological polar surface area (TPSA) is 0 Å². The van der Waals surface area contributed by atoms with Gasteiger partial charge in [0.2, 0.25) is 0 Å². The molecule has 1 heteroatoms. The molecule has 29 heavy (non-hydrogen) atoms. The molecule has 0 bridgehead atoms. The third-order valence-corrected chi connectivity index (χ3v) is 6.14. The molecule has 0 atom stereocenters. The monoisotopic (exact) mass is 388 g/mol. The van der Waals surface area contributed by atoms with Crippen molar-refractivity contribution in [3.63, 3.8) is 0 Å². The number of fused-ring (bicyclic) bond motifs is 7. The fourth-order valence-corrected chi connectivity index (χ4v) is 4.68. The second-order valence-corrected chi connectivity index (χ2v) is 7.96. The van der Waals surface area contributed by atoms with Gasteiger partial charge < -0.3 is 0 Å². The van der Waals surface area contributed by atoms with Gasteiger partial charge in [-0.3, -0.25) is 0 Å². The Kier molecular flexibility index (Phi) is 3.62. The Morgan fingerprint density at radius 3 is 1.86 bits per heavy atom. The van der Waals surface area contributed by atoms with Gasteiger partial charge in [0.25, 0.3) is 0 Å². The molecule has 6 aromatic rings. The van der Waals surface area contributed by atoms with Gasteiger partial charge in [-0.1, -0.05) is 96.5 Å². The van der Waals surface area contributed by atoms with Gasteiger partial charge in [0.05, 0.1) is 0 Å². The van der Waals surface area contributed by atoms with E-state index in [0.717, 1.165) is 5.02 Å². The van der Waals surface area contributed by atoms with Gasteiger partial charge in [0.15, 0.2) is 0 Å². The molecule has 0 unspecified atom stereocenters. The molecule has 0 aromatic heterocycles. The zero-order chi connectivity index (χ0) is 19.4. The molecule has 0 saturated heterocycles. The van der Waals surface area contributed by atoms with Gasteiger partial charge in [-0.05, 0) is 72.4 Å². The minimum atomic E-state index is 0.760. The minimum Gasteiger partial charge on any atom is -0.0843 e. The van der Waals surface area contributed by atoms with E-state index in [0.29, 0.717) is 0 Å². The predicted molar refractivity (Wildman–Crippen MR) is 127 cm³/mol. The summed E-state index contributed by atoms with van der Waals surface area (Å²) in [5.74, 6) is 0. The van der Waals surface area contributed by atoms with E-state index >= 15 is 0 Å². The van der Waals surface area contributed by atoms with Crippen molar-refractivity contribution < 1.29 is 0 Å². The van der Waals surface area contributed by atoms with Crippen molar-refractivity contribution in [3.8, 4) is 11.1 Å². The highest BCUT2D eigenvalue weighted by atomic mass is 35.5. The van der Waals surface area contributed by atoms with Crippen molar-refractivity contribution in [2.75, 3.05) is 0 Å². The highest BCUT2D eigenvalue weighted by Crippen LogP contribution is 2.41. The normalized spacial score (nSPS) is 11.6. The van der Waals surface area contributed by atoms with Crippen LogP contribution in [0.3, 0.4) is 0 Å². The fourth-order valence-electron chi connectivity index (χ4n) is 4.55. The summed E-state index contributed by atoms with van der Waals surface area (Å²) in [4.78, 5) is 0. The molecule has 0 spiro atoms. The summed E-state index contributed by atoms with van der Waals surface area (Å²) in [6, 6.07) is 36.8. The van der Waals surface area contributed by atoms with Crippen molar-refractivity contribution in [3.05, 3.63) is 108 Å². The van der Waals surface area contributed by atoms with Gasteiger partial charge in [0, 0.05) is 5.02 Å². The lowest BCUT2D eigenvalue weighted by Crippen LogP contribution is -1.87. The van der Waals surface area contributed by atoms with E-state index in [1.165, 1.54) is 54.2 Å². The van der Waals surface area contributed by atoms with Crippen LogP contribution in [0.4, 0.5) is 0 Å². The minimum absolute atomic E-state index is 0.760. The molecule has 0 aliphatic heterocycles. The van der Waals surface area contributed by atoms with Crippen molar-refractivity contribution in [2.45, 2.75) is 0 Å². The molecule has 0 aliphatic carbocycles. The maximum atomic E-state index is 6.16. The highest BCUT2D eigenvalue weighted by Gasteiger charge is 2.13. The Labute approximate surface area is 174 Å². The van der Waals surface area contributed by atoms with Crippen LogP contribution in [0.2, 0.25) is 5.02 Å². The summed E-state index contributed by atoms with van der Waals surface area (Å²) >= 11 is 6.16. The van der Waals surface area contributed by atoms with E-state index in [1.54, 1.807) is 0 Å². The lowest BCUT2D eigenvalue weighted by molar-refractivity contribution is 1.67. The summed E-state index contributed by atoms with van der Waals surface area (Å²) in [5.41, 5.74) is 2.43. The van der Waals surface area contributed by atoms with Crippen LogP contribution in [-0.2, 0) is 0 Å². The zero-order valence-corrected chi connectivity index (χ0v) is 16.4. The van der Waals surface area contributed by atoms with E-state index < -0.39 is 0 Å². The van der Waals surface area contributed by atoms with Crippen LogP contribution < -0.4 is 0 Å². The van der Waals surface area contributed by atoms with E-state index in [1.807, 2.05) is 12.1 Å². The van der Waals surface area contributed by atoms with Crippen LogP contribution in [0.5, 0.6) is 0 Å². The Bertz CT molecular complexity index is 1540. The van der Waals surface area contributed by atoms with Crippen LogP contribution in [0.1, 0.15) is 0 Å². The van der Waals surface area contributed by atoms with Crippen LogP contribution in [0.25, 0.3) is 54.2 Å². The average Bonchev–Trinajstić information content (AvgIpc) is 2.78. The predicted octanol–water partition coefficient (Wildman–Crippen LogP) is 8.62. The molecular formula is C28H17Cl. The van der Waals surface area contributed by atoms with Crippen LogP contribution >= 0.6 is 11.6 Å². The van der Waals surface area contributed by atoms with Gasteiger partial charge in [-0.15, -0.1) is 0 Å². The van der Waals surface area contributed by atoms with Gasteiger partial charge >= 0.3 is 0 Å². The first-order valence-corrected chi connectivity index (χ1v) is 10.2. The molecule has 0 radical (unpaired) electrons. The Morgan fingerprint density at radius 2 is 1.07 bits per heavy atom. The molecule has 0 aliphatic rings. The standard InChI is InChI=1S/C28H17Cl/c29-22-14-11-19(12-15-22)26-17-21-6-2-4-8-24(21)28-25(26)16-13-20-10-9-18-5-1-3-7-23(18)27(20)28/h1-17H. The average molecular weight is 389 g/mol. The Hall–Kier alpha value is -3.35. The Balaban J connectivity index is 1.89. The third-order valence-electron chi connectivity index (χ3n) is 5.89. The van der Waals surface area contributed by atoms with Crippen LogP contribution in [0, 0.1) is 0 Å². The summed E-state index contributed by atoms with van der Waals surface area (Å²) in [6.07, 6.45) is 0. The van der Waals surface area contributed by atoms with E-state index in [9.17, 15) is 0 Å². The number of hydrogen-bond donors (Lipinski definition) is 0. The quantitative estimate of drug-likeness (QED) is 0.247. The summed E-state index contributed by atoms with van der Waals surface area (Å²) in [5, 5.41) is 11.1. The molecule has 0 fully saturated rings. The fraction of sp³-hybridized carbons (Fsp3) is 0. The summed E-state index contributed by atoms with van der Waals surface area (Å²) in [7, 11) is 0. The van der Waals surface area contributed by atoms with Crippen molar-refractivity contribution in [1.29, 1.82) is 0 Å². The molecule has 0 amide bonds. The Morgan fingerprint density at radius 1 is 0.448 bits per heavy atom. The molecule has 0 heterocycles. The highest BCUT2D eigenvalue weighted by molar-refractivity contribution is 6.31. The maximum absolute atomic E-state index is 6.16. The number of hydrogen-bond acceptors (Lipinski definition) is 0. The lowest BCUT2D eigenvalue weighted by atomic mass is 9.88. The van der Waals surface area contributed by atoms with Crippen molar-refractivity contribution in [1.82, 2.24) is 0 Å². The van der Waals surface area contributed by atoms with E-state index in [2.05, 4.69) is 91.0 Å². The van der Waals surface area contributed by atoms with Crippen molar-refractivity contribution >= 4 is 54.7 Å². The van der Waals surface area contributed by atoms with Crippen molar-refractivity contribution in [2.24, 2.45) is 0 Å². The zero-order valence-electron chi connectivity index (χ0n) is 15.7. The first kappa shape index (κ1) is 16.6. The number of rotatable bonds is 1. The maximum Gasteiger partial charge on any atom is 0.0406 e. The van der Waals surface area contributed by atoms with Crippen LogP contribution in [0.15, 0.2) is 103 Å². The first-order valence-electron chi connectivity index (χ1n) is 9.81. The van der Waals surface area contributed by atoms with Gasteiger partial charge in [-0.2, -0.15) is 0 Å². The largest absolute Gasteiger partial charge is 0.0843 e. The third kappa shape index (κ3) is 2.53. The van der Waals surface area contributed by atoms with Gasteiger partial charge in [-0.25, -0.2) is 0 Å². The first-order chi connectivity index (χ1) is 14.3. The van der Waals surface area contributed by atoms with E-state index in [4.69, 9.17) is 11.6 Å². The molecule has 136 valence electrons. The molecule has 0 nitrogen and oxygen atoms in total. The van der Waals surface area contributed by atoms with Crippen LogP contribution in [-0.4, -0.2) is 0 Å². The lowest BCUT2D eigenvalue weighted by Gasteiger charge is -2.15. The second-order valence-electron chi connectivity index (χ2n) is 7.53. The smallest absolute Gasteiger partial charge is 0.0406 e. The molecule has 0 N–H and O–H groups in total. The number of halogens is 1.